The first-order valence-corrected chi connectivity index (χ1v) is 5.86. The summed E-state index contributed by atoms with van der Waals surface area (Å²) in [4.78, 5) is 14.0. The molecule has 4 nitrogen and oxygen atoms in total. The van der Waals surface area contributed by atoms with Crippen molar-refractivity contribution in [3.05, 3.63) is 25.3 Å². The number of carbonyl (C=O) groups excluding carboxylic acids is 1. The molecule has 1 rings (SSSR count). The van der Waals surface area contributed by atoms with Crippen molar-refractivity contribution < 1.29 is 14.6 Å². The lowest BCUT2D eigenvalue weighted by molar-refractivity contribution is -0.148. The molecule has 2 atom stereocenters. The van der Waals surface area contributed by atoms with Crippen LogP contribution in [0.3, 0.4) is 0 Å². The van der Waals surface area contributed by atoms with Gasteiger partial charge < -0.3 is 14.7 Å². The van der Waals surface area contributed by atoms with Crippen molar-refractivity contribution in [2.45, 2.75) is 30.9 Å². The molecule has 1 aliphatic rings. The van der Waals surface area contributed by atoms with Crippen LogP contribution in [0, 0.1) is 0 Å². The van der Waals surface area contributed by atoms with E-state index in [1.165, 1.54) is 12.2 Å². The van der Waals surface area contributed by atoms with Crippen molar-refractivity contribution in [1.82, 2.24) is 4.90 Å². The summed E-state index contributed by atoms with van der Waals surface area (Å²) in [5.74, 6) is -0.299. The van der Waals surface area contributed by atoms with Crippen LogP contribution in [0.15, 0.2) is 25.3 Å². The summed E-state index contributed by atoms with van der Waals surface area (Å²) >= 11 is 0. The van der Waals surface area contributed by atoms with Gasteiger partial charge in [-0.05, 0) is 12.8 Å². The van der Waals surface area contributed by atoms with Gasteiger partial charge in [-0.1, -0.05) is 18.7 Å². The molecule has 1 amide bonds. The Bertz CT molecular complexity index is 303. The molecule has 1 N–H and O–H groups in total. The van der Waals surface area contributed by atoms with E-state index >= 15 is 0 Å². The Morgan fingerprint density at radius 1 is 1.65 bits per heavy atom. The molecule has 0 radical (unpaired) electrons. The zero-order valence-corrected chi connectivity index (χ0v) is 10.4. The topological polar surface area (TPSA) is 49.8 Å². The molecule has 0 aromatic heterocycles. The Labute approximate surface area is 103 Å². The predicted octanol–water partition coefficient (Wildman–Crippen LogP) is 1.12. The van der Waals surface area contributed by atoms with Gasteiger partial charge in [0.25, 0.3) is 5.91 Å². The first kappa shape index (κ1) is 13.9. The van der Waals surface area contributed by atoms with E-state index in [1.807, 2.05) is 0 Å². The van der Waals surface area contributed by atoms with Gasteiger partial charge in [0.05, 0.1) is 12.6 Å². The number of aliphatic hydroxyl groups is 1. The zero-order chi connectivity index (χ0) is 12.9. The molecule has 0 saturated carbocycles. The highest BCUT2D eigenvalue weighted by atomic mass is 16.5. The number of ether oxygens (including phenoxy) is 1. The number of hydrogen-bond donors (Lipinski definition) is 1. The smallest absolute Gasteiger partial charge is 0.259 e. The maximum Gasteiger partial charge on any atom is 0.259 e. The number of amides is 1. The SMILES string of the molecule is C=CCC(O)(C=C)C(=O)N1CCC[C@@H]1COC. The average Bonchev–Trinajstić information content (AvgIpc) is 2.77. The molecule has 1 heterocycles. The highest BCUT2D eigenvalue weighted by Gasteiger charge is 2.39. The molecule has 1 aliphatic heterocycles. The number of hydrogen-bond acceptors (Lipinski definition) is 3. The first-order chi connectivity index (χ1) is 8.09. The van der Waals surface area contributed by atoms with Gasteiger partial charge in [0.1, 0.15) is 0 Å². The van der Waals surface area contributed by atoms with Crippen molar-refractivity contribution >= 4 is 5.91 Å². The van der Waals surface area contributed by atoms with Crippen LogP contribution in [0.4, 0.5) is 0 Å². The summed E-state index contributed by atoms with van der Waals surface area (Å²) in [6, 6.07) is 0.0591. The van der Waals surface area contributed by atoms with Gasteiger partial charge in [-0.3, -0.25) is 4.79 Å². The molecule has 4 heteroatoms. The molecule has 17 heavy (non-hydrogen) atoms. The molecule has 0 bridgehead atoms. The normalized spacial score (nSPS) is 23.2. The third-order valence-electron chi connectivity index (χ3n) is 3.16. The third-order valence-corrected chi connectivity index (χ3v) is 3.16. The number of methoxy groups -OCH3 is 1. The molecule has 96 valence electrons. The van der Waals surface area contributed by atoms with Crippen LogP contribution in [-0.2, 0) is 9.53 Å². The maximum atomic E-state index is 12.3. The van der Waals surface area contributed by atoms with Gasteiger partial charge in [-0.2, -0.15) is 0 Å². The average molecular weight is 239 g/mol. The minimum Gasteiger partial charge on any atom is -0.383 e. The van der Waals surface area contributed by atoms with Crippen LogP contribution >= 0.6 is 0 Å². The Hall–Kier alpha value is -1.13. The minimum atomic E-state index is -1.53. The molecular formula is C13H21NO3. The van der Waals surface area contributed by atoms with Crippen LogP contribution in [0.2, 0.25) is 0 Å². The standard InChI is InChI=1S/C13H21NO3/c1-4-8-13(16,5-2)12(15)14-9-6-7-11(14)10-17-3/h4-5,11,16H,1-2,6-10H2,3H3/t11-,13?/m1/s1. The molecule has 1 saturated heterocycles. The van der Waals surface area contributed by atoms with Crippen LogP contribution in [0.1, 0.15) is 19.3 Å². The fourth-order valence-electron chi connectivity index (χ4n) is 2.20. The van der Waals surface area contributed by atoms with Crippen molar-refractivity contribution in [3.63, 3.8) is 0 Å². The van der Waals surface area contributed by atoms with E-state index in [2.05, 4.69) is 13.2 Å². The van der Waals surface area contributed by atoms with Crippen molar-refractivity contribution in [1.29, 1.82) is 0 Å². The molecule has 0 aromatic rings. The van der Waals surface area contributed by atoms with Crippen molar-refractivity contribution in [2.24, 2.45) is 0 Å². The van der Waals surface area contributed by atoms with Crippen molar-refractivity contribution in [2.75, 3.05) is 20.3 Å². The molecule has 0 spiro atoms. The van der Waals surface area contributed by atoms with Gasteiger partial charge in [-0.25, -0.2) is 0 Å². The summed E-state index contributed by atoms with van der Waals surface area (Å²) in [5, 5.41) is 10.2. The lowest BCUT2D eigenvalue weighted by Gasteiger charge is -2.31. The Kier molecular flexibility index (Phi) is 4.90. The monoisotopic (exact) mass is 239 g/mol. The Balaban J connectivity index is 2.79. The van der Waals surface area contributed by atoms with Crippen LogP contribution < -0.4 is 0 Å². The summed E-state index contributed by atoms with van der Waals surface area (Å²) in [7, 11) is 1.62. The summed E-state index contributed by atoms with van der Waals surface area (Å²) < 4.78 is 5.09. The Morgan fingerprint density at radius 2 is 2.35 bits per heavy atom. The van der Waals surface area contributed by atoms with Gasteiger partial charge in [0, 0.05) is 20.1 Å². The molecule has 1 unspecified atom stereocenters. The van der Waals surface area contributed by atoms with E-state index in [0.717, 1.165) is 12.8 Å². The van der Waals surface area contributed by atoms with E-state index < -0.39 is 5.60 Å². The maximum absolute atomic E-state index is 12.3. The van der Waals surface area contributed by atoms with E-state index in [0.29, 0.717) is 13.2 Å². The zero-order valence-electron chi connectivity index (χ0n) is 10.4. The van der Waals surface area contributed by atoms with E-state index in [1.54, 1.807) is 12.0 Å². The number of nitrogens with zero attached hydrogens (tertiary/aromatic N) is 1. The van der Waals surface area contributed by atoms with Crippen molar-refractivity contribution in [3.8, 4) is 0 Å². The lowest BCUT2D eigenvalue weighted by atomic mass is 9.97. The van der Waals surface area contributed by atoms with Gasteiger partial charge in [-0.15, -0.1) is 6.58 Å². The van der Waals surface area contributed by atoms with Gasteiger partial charge in [0.15, 0.2) is 5.60 Å². The highest BCUT2D eigenvalue weighted by Crippen LogP contribution is 2.24. The summed E-state index contributed by atoms with van der Waals surface area (Å²) in [5.41, 5.74) is -1.53. The minimum absolute atomic E-state index is 0.0591. The first-order valence-electron chi connectivity index (χ1n) is 5.86. The summed E-state index contributed by atoms with van der Waals surface area (Å²) in [6.45, 7) is 8.27. The largest absolute Gasteiger partial charge is 0.383 e. The molecule has 1 fully saturated rings. The second-order valence-electron chi connectivity index (χ2n) is 4.37. The predicted molar refractivity (Wildman–Crippen MR) is 66.6 cm³/mol. The Morgan fingerprint density at radius 3 is 2.88 bits per heavy atom. The fraction of sp³-hybridized carbons (Fsp3) is 0.615. The second-order valence-corrected chi connectivity index (χ2v) is 4.37. The third kappa shape index (κ3) is 2.96. The number of rotatable bonds is 6. The number of carbonyl (C=O) groups is 1. The van der Waals surface area contributed by atoms with Gasteiger partial charge >= 0.3 is 0 Å². The number of likely N-dealkylation sites (tertiary alicyclic amines) is 1. The second kappa shape index (κ2) is 5.98. The van der Waals surface area contributed by atoms with E-state index in [-0.39, 0.29) is 18.4 Å². The molecule has 0 aromatic carbocycles. The van der Waals surface area contributed by atoms with Gasteiger partial charge in [0.2, 0.25) is 0 Å². The van der Waals surface area contributed by atoms with Crippen LogP contribution in [-0.4, -0.2) is 47.8 Å². The molecule has 0 aliphatic carbocycles. The summed E-state index contributed by atoms with van der Waals surface area (Å²) in [6.07, 6.45) is 4.87. The lowest BCUT2D eigenvalue weighted by Crippen LogP contribution is -2.50. The fourth-order valence-corrected chi connectivity index (χ4v) is 2.20. The van der Waals surface area contributed by atoms with Crippen LogP contribution in [0.5, 0.6) is 0 Å². The van der Waals surface area contributed by atoms with Crippen LogP contribution in [0.25, 0.3) is 0 Å². The highest BCUT2D eigenvalue weighted by molar-refractivity contribution is 5.87. The quantitative estimate of drug-likeness (QED) is 0.707. The van der Waals surface area contributed by atoms with E-state index in [4.69, 9.17) is 4.74 Å². The van der Waals surface area contributed by atoms with E-state index in [9.17, 15) is 9.90 Å². The molecular weight excluding hydrogens is 218 g/mol.